The molecule has 3 aromatic carbocycles. The molecule has 1 saturated heterocycles. The highest BCUT2D eigenvalue weighted by molar-refractivity contribution is 5.37. The van der Waals surface area contributed by atoms with Crippen LogP contribution in [0.2, 0.25) is 0 Å². The van der Waals surface area contributed by atoms with E-state index in [1.807, 2.05) is 84.9 Å². The third kappa shape index (κ3) is 5.81. The molecule has 3 N–H and O–H groups in total. The number of H-pyrrole nitrogens is 1. The molecule has 4 aromatic rings. The predicted molar refractivity (Wildman–Crippen MR) is 152 cm³/mol. The van der Waals surface area contributed by atoms with Crippen molar-refractivity contribution >= 4 is 0 Å². The summed E-state index contributed by atoms with van der Waals surface area (Å²) < 4.78 is 0. The molecule has 0 saturated carbocycles. The van der Waals surface area contributed by atoms with Crippen molar-refractivity contribution in [2.75, 3.05) is 19.6 Å². The zero-order valence-electron chi connectivity index (χ0n) is 22.9. The largest absolute Gasteiger partial charge is 0.388 e. The molecular formula is C32H39N5O2. The molecule has 0 aliphatic carbocycles. The van der Waals surface area contributed by atoms with E-state index < -0.39 is 11.7 Å². The van der Waals surface area contributed by atoms with Crippen LogP contribution in [0, 0.1) is 5.92 Å². The summed E-state index contributed by atoms with van der Waals surface area (Å²) in [6, 6.07) is 28.3. The van der Waals surface area contributed by atoms with E-state index in [0.717, 1.165) is 61.2 Å². The summed E-state index contributed by atoms with van der Waals surface area (Å²) in [5.74, 6) is 0.796. The topological polar surface area (TPSA) is 98.2 Å². The number of hydrogen-bond acceptors (Lipinski definition) is 6. The molecule has 1 fully saturated rings. The first kappa shape index (κ1) is 27.2. The van der Waals surface area contributed by atoms with Gasteiger partial charge >= 0.3 is 0 Å². The molecule has 5 rings (SSSR count). The number of rotatable bonds is 10. The molecule has 7 heteroatoms. The minimum Gasteiger partial charge on any atom is -0.388 e. The maximum absolute atomic E-state index is 12.1. The fourth-order valence-corrected chi connectivity index (χ4v) is 5.95. The van der Waals surface area contributed by atoms with Crippen molar-refractivity contribution < 1.29 is 10.2 Å². The molecule has 2 heterocycles. The maximum Gasteiger partial charge on any atom is 0.184 e. The van der Waals surface area contributed by atoms with Crippen molar-refractivity contribution in [3.05, 3.63) is 113 Å². The third-order valence-corrected chi connectivity index (χ3v) is 8.48. The number of aromatic nitrogens is 4. The Morgan fingerprint density at radius 3 is 2.00 bits per heavy atom. The number of piperidine rings is 1. The molecule has 0 radical (unpaired) electrons. The monoisotopic (exact) mass is 525 g/mol. The number of aliphatic hydroxyl groups excluding tert-OH is 1. The zero-order valence-corrected chi connectivity index (χ0v) is 22.9. The van der Waals surface area contributed by atoms with Gasteiger partial charge in [0.1, 0.15) is 5.60 Å². The Labute approximate surface area is 230 Å². The lowest BCUT2D eigenvalue weighted by molar-refractivity contribution is -0.0146. The number of nitrogens with one attached hydrogen (secondary N) is 1. The van der Waals surface area contributed by atoms with Crippen LogP contribution < -0.4 is 0 Å². The van der Waals surface area contributed by atoms with E-state index in [-0.39, 0.29) is 11.3 Å². The minimum absolute atomic E-state index is 0.152. The Morgan fingerprint density at radius 1 is 0.872 bits per heavy atom. The first-order valence-electron chi connectivity index (χ1n) is 14.0. The van der Waals surface area contributed by atoms with Gasteiger partial charge in [-0.15, -0.1) is 10.2 Å². The van der Waals surface area contributed by atoms with Crippen LogP contribution in [0.4, 0.5) is 0 Å². The van der Waals surface area contributed by atoms with Crippen molar-refractivity contribution in [1.82, 2.24) is 25.5 Å². The van der Waals surface area contributed by atoms with Crippen molar-refractivity contribution in [1.29, 1.82) is 0 Å². The number of tetrazole rings is 1. The Hall–Kier alpha value is -3.39. The highest BCUT2D eigenvalue weighted by atomic mass is 16.3. The van der Waals surface area contributed by atoms with Crippen molar-refractivity contribution in [3.8, 4) is 0 Å². The average molecular weight is 526 g/mol. The van der Waals surface area contributed by atoms with Gasteiger partial charge < -0.3 is 15.1 Å². The number of hydrogen-bond donors (Lipinski definition) is 3. The fraction of sp³-hybridized carbons (Fsp3) is 0.406. The second kappa shape index (κ2) is 11.8. The van der Waals surface area contributed by atoms with Crippen LogP contribution in [0.3, 0.4) is 0 Å². The Morgan fingerprint density at radius 2 is 1.46 bits per heavy atom. The molecule has 1 aliphatic rings. The summed E-state index contributed by atoms with van der Waals surface area (Å²) in [4.78, 5) is 2.47. The molecule has 1 aliphatic heterocycles. The first-order chi connectivity index (χ1) is 18.9. The quantitative estimate of drug-likeness (QED) is 0.270. The van der Waals surface area contributed by atoms with Crippen LogP contribution in [0.5, 0.6) is 0 Å². The van der Waals surface area contributed by atoms with E-state index in [4.69, 9.17) is 0 Å². The highest BCUT2D eigenvalue weighted by Crippen LogP contribution is 2.42. The lowest BCUT2D eigenvalue weighted by Crippen LogP contribution is -2.44. The standard InChI is InChI=1S/C32H39N5O2/c1-31(2,30-33-35-36-34-30)25-17-15-24(16-18-25)29(38)14-9-21-37-22-19-28(20-23-37)32(39,26-10-5-3-6-11-26)27-12-7-4-8-13-27/h3-8,10-13,15-18,28-29,38-39H,9,14,19-23H2,1-2H3,(H,33,34,35,36). The van der Waals surface area contributed by atoms with Crippen molar-refractivity contribution in [3.63, 3.8) is 0 Å². The molecule has 0 amide bonds. The SMILES string of the molecule is CC(C)(c1ccc(C(O)CCCN2CCC(C(O)(c3ccccc3)c3ccccc3)CC2)cc1)c1nn[nH]n1. The van der Waals surface area contributed by atoms with Gasteiger partial charge in [-0.25, -0.2) is 0 Å². The van der Waals surface area contributed by atoms with Crippen molar-refractivity contribution in [2.45, 2.75) is 56.7 Å². The third-order valence-electron chi connectivity index (χ3n) is 8.48. The Kier molecular flexibility index (Phi) is 8.21. The molecule has 204 valence electrons. The van der Waals surface area contributed by atoms with Gasteiger partial charge in [0.15, 0.2) is 5.82 Å². The molecule has 0 spiro atoms. The first-order valence-corrected chi connectivity index (χ1v) is 14.0. The predicted octanol–water partition coefficient (Wildman–Crippen LogP) is 4.99. The summed E-state index contributed by atoms with van der Waals surface area (Å²) in [6.07, 6.45) is 3.00. The van der Waals surface area contributed by atoms with Gasteiger partial charge in [-0.3, -0.25) is 0 Å². The summed E-state index contributed by atoms with van der Waals surface area (Å²) in [5.41, 5.74) is 2.57. The Bertz CT molecular complexity index is 1250. The van der Waals surface area contributed by atoms with Gasteiger partial charge in [0.05, 0.1) is 11.5 Å². The summed E-state index contributed by atoms with van der Waals surface area (Å²) in [6.45, 7) is 6.97. The van der Waals surface area contributed by atoms with E-state index in [2.05, 4.69) is 39.4 Å². The van der Waals surface area contributed by atoms with E-state index in [9.17, 15) is 10.2 Å². The van der Waals surface area contributed by atoms with Gasteiger partial charge in [-0.2, -0.15) is 5.21 Å². The summed E-state index contributed by atoms with van der Waals surface area (Å²) >= 11 is 0. The van der Waals surface area contributed by atoms with E-state index >= 15 is 0 Å². The van der Waals surface area contributed by atoms with Gasteiger partial charge in [0.25, 0.3) is 0 Å². The van der Waals surface area contributed by atoms with Crippen LogP contribution in [0.25, 0.3) is 0 Å². The molecule has 0 bridgehead atoms. The molecule has 1 atom stereocenters. The lowest BCUT2D eigenvalue weighted by Gasteiger charge is -2.42. The molecule has 1 aromatic heterocycles. The van der Waals surface area contributed by atoms with Crippen LogP contribution >= 0.6 is 0 Å². The van der Waals surface area contributed by atoms with Gasteiger partial charge in [-0.1, -0.05) is 90.1 Å². The van der Waals surface area contributed by atoms with Crippen LogP contribution in [-0.2, 0) is 11.0 Å². The maximum atomic E-state index is 12.1. The van der Waals surface area contributed by atoms with Gasteiger partial charge in [0, 0.05) is 0 Å². The van der Waals surface area contributed by atoms with Crippen molar-refractivity contribution in [2.24, 2.45) is 5.92 Å². The normalized spacial score (nSPS) is 16.3. The van der Waals surface area contributed by atoms with E-state index in [1.54, 1.807) is 0 Å². The lowest BCUT2D eigenvalue weighted by atomic mass is 9.72. The second-order valence-corrected chi connectivity index (χ2v) is 11.3. The number of aromatic amines is 1. The minimum atomic E-state index is -0.991. The number of aliphatic hydroxyl groups is 2. The molecule has 1 unspecified atom stereocenters. The molecule has 7 nitrogen and oxygen atoms in total. The van der Waals surface area contributed by atoms with Gasteiger partial charge in [-0.05, 0) is 87.3 Å². The fourth-order valence-electron chi connectivity index (χ4n) is 5.95. The van der Waals surface area contributed by atoms with Crippen LogP contribution in [-0.4, -0.2) is 55.4 Å². The average Bonchev–Trinajstić information content (AvgIpc) is 3.54. The van der Waals surface area contributed by atoms with Crippen LogP contribution in [0.15, 0.2) is 84.9 Å². The summed E-state index contributed by atoms with van der Waals surface area (Å²) in [7, 11) is 0. The molecule has 39 heavy (non-hydrogen) atoms. The number of likely N-dealkylation sites (tertiary alicyclic amines) is 1. The number of benzene rings is 3. The second-order valence-electron chi connectivity index (χ2n) is 11.3. The van der Waals surface area contributed by atoms with E-state index in [0.29, 0.717) is 12.2 Å². The number of nitrogens with zero attached hydrogens (tertiary/aromatic N) is 4. The zero-order chi connectivity index (χ0) is 27.3. The van der Waals surface area contributed by atoms with E-state index in [1.165, 1.54) is 0 Å². The highest BCUT2D eigenvalue weighted by Gasteiger charge is 2.41. The molecular weight excluding hydrogens is 486 g/mol. The van der Waals surface area contributed by atoms with Crippen LogP contribution in [0.1, 0.15) is 73.7 Å². The van der Waals surface area contributed by atoms with Gasteiger partial charge in [0.2, 0.25) is 0 Å². The smallest absolute Gasteiger partial charge is 0.184 e. The Balaban J connectivity index is 1.14. The summed E-state index contributed by atoms with van der Waals surface area (Å²) in [5, 5.41) is 37.4.